The summed E-state index contributed by atoms with van der Waals surface area (Å²) < 4.78 is 1.88. The van der Waals surface area contributed by atoms with Gasteiger partial charge in [0.25, 0.3) is 0 Å². The summed E-state index contributed by atoms with van der Waals surface area (Å²) in [7, 11) is 1.94. The van der Waals surface area contributed by atoms with Gasteiger partial charge in [-0.3, -0.25) is 4.68 Å². The van der Waals surface area contributed by atoms with Crippen molar-refractivity contribution in [2.75, 3.05) is 6.54 Å². The number of hydrogen-bond donors (Lipinski definition) is 1. The third kappa shape index (κ3) is 3.13. The molecule has 0 atom stereocenters. The lowest BCUT2D eigenvalue weighted by Crippen LogP contribution is -2.04. The number of nitrogens with zero attached hydrogens (tertiary/aromatic N) is 4. The maximum absolute atomic E-state index is 5.67. The summed E-state index contributed by atoms with van der Waals surface area (Å²) in [6.07, 6.45) is 0.826. The van der Waals surface area contributed by atoms with Crippen LogP contribution in [0.5, 0.6) is 0 Å². The molecule has 6 heteroatoms. The SMILES string of the molecule is Cc1cc(C)nc(Sc2c(CCN)c(C)nn2C)n1. The van der Waals surface area contributed by atoms with Crippen LogP contribution in [0, 0.1) is 20.8 Å². The molecule has 0 spiro atoms. The summed E-state index contributed by atoms with van der Waals surface area (Å²) in [6, 6.07) is 1.97. The minimum atomic E-state index is 0.619. The van der Waals surface area contributed by atoms with Gasteiger partial charge in [-0.25, -0.2) is 9.97 Å². The van der Waals surface area contributed by atoms with Gasteiger partial charge in [0.1, 0.15) is 5.03 Å². The highest BCUT2D eigenvalue weighted by molar-refractivity contribution is 7.99. The van der Waals surface area contributed by atoms with Crippen molar-refractivity contribution in [2.24, 2.45) is 12.8 Å². The first-order chi connectivity index (χ1) is 9.01. The summed E-state index contributed by atoms with van der Waals surface area (Å²) in [4.78, 5) is 8.92. The first-order valence-corrected chi connectivity index (χ1v) is 7.05. The summed E-state index contributed by atoms with van der Waals surface area (Å²) in [5.74, 6) is 0. The molecule has 0 saturated heterocycles. The van der Waals surface area contributed by atoms with E-state index in [0.717, 1.165) is 33.7 Å². The maximum Gasteiger partial charge on any atom is 0.194 e. The fourth-order valence-corrected chi connectivity index (χ4v) is 3.16. The topological polar surface area (TPSA) is 69.6 Å². The Hall–Kier alpha value is -1.40. The van der Waals surface area contributed by atoms with Crippen LogP contribution in [0.1, 0.15) is 22.6 Å². The Balaban J connectivity index is 2.37. The molecule has 0 saturated carbocycles. The van der Waals surface area contributed by atoms with E-state index < -0.39 is 0 Å². The van der Waals surface area contributed by atoms with E-state index in [2.05, 4.69) is 15.1 Å². The van der Waals surface area contributed by atoms with Crippen molar-refractivity contribution in [1.29, 1.82) is 0 Å². The highest BCUT2D eigenvalue weighted by atomic mass is 32.2. The van der Waals surface area contributed by atoms with E-state index in [9.17, 15) is 0 Å². The van der Waals surface area contributed by atoms with Gasteiger partial charge in [0.2, 0.25) is 0 Å². The molecule has 0 amide bonds. The van der Waals surface area contributed by atoms with Crippen molar-refractivity contribution in [3.63, 3.8) is 0 Å². The molecule has 19 heavy (non-hydrogen) atoms. The molecule has 5 nitrogen and oxygen atoms in total. The number of aromatic nitrogens is 4. The minimum absolute atomic E-state index is 0.619. The summed E-state index contributed by atoms with van der Waals surface area (Å²) in [5, 5.41) is 6.29. The Morgan fingerprint density at radius 1 is 1.21 bits per heavy atom. The van der Waals surface area contributed by atoms with E-state index in [4.69, 9.17) is 5.73 Å². The van der Waals surface area contributed by atoms with Gasteiger partial charge < -0.3 is 5.73 Å². The van der Waals surface area contributed by atoms with Gasteiger partial charge in [-0.2, -0.15) is 5.10 Å². The van der Waals surface area contributed by atoms with Crippen molar-refractivity contribution in [3.8, 4) is 0 Å². The lowest BCUT2D eigenvalue weighted by atomic mass is 10.2. The molecule has 2 aromatic rings. The zero-order valence-corrected chi connectivity index (χ0v) is 12.6. The van der Waals surface area contributed by atoms with Crippen LogP contribution in [0.4, 0.5) is 0 Å². The predicted octanol–water partition coefficient (Wildman–Crippen LogP) is 1.79. The van der Waals surface area contributed by atoms with Crippen LogP contribution in [0.15, 0.2) is 16.2 Å². The molecule has 0 bridgehead atoms. The van der Waals surface area contributed by atoms with Crippen LogP contribution >= 0.6 is 11.8 Å². The fourth-order valence-electron chi connectivity index (χ4n) is 2.07. The lowest BCUT2D eigenvalue weighted by molar-refractivity contribution is 0.686. The van der Waals surface area contributed by atoms with E-state index in [-0.39, 0.29) is 0 Å². The zero-order valence-electron chi connectivity index (χ0n) is 11.8. The van der Waals surface area contributed by atoms with Gasteiger partial charge in [-0.15, -0.1) is 0 Å². The Morgan fingerprint density at radius 2 is 1.84 bits per heavy atom. The van der Waals surface area contributed by atoms with Crippen molar-refractivity contribution in [1.82, 2.24) is 19.7 Å². The molecule has 2 heterocycles. The molecule has 2 aromatic heterocycles. The second-order valence-corrected chi connectivity index (χ2v) is 5.52. The number of aryl methyl sites for hydroxylation is 4. The standard InChI is InChI=1S/C13H19N5S/c1-8-7-9(2)16-13(15-8)19-12-11(5-6-14)10(3)17-18(12)4/h7H,5-6,14H2,1-4H3. The van der Waals surface area contributed by atoms with Crippen LogP contribution in [0.2, 0.25) is 0 Å². The number of hydrogen-bond acceptors (Lipinski definition) is 5. The molecule has 0 aromatic carbocycles. The molecule has 0 aliphatic carbocycles. The number of rotatable bonds is 4. The largest absolute Gasteiger partial charge is 0.330 e. The van der Waals surface area contributed by atoms with Gasteiger partial charge >= 0.3 is 0 Å². The second kappa shape index (κ2) is 5.71. The van der Waals surface area contributed by atoms with Crippen LogP contribution in [-0.4, -0.2) is 26.3 Å². The fraction of sp³-hybridized carbons (Fsp3) is 0.462. The van der Waals surface area contributed by atoms with Gasteiger partial charge in [0, 0.05) is 24.0 Å². The lowest BCUT2D eigenvalue weighted by Gasteiger charge is -2.06. The van der Waals surface area contributed by atoms with Crippen LogP contribution < -0.4 is 5.73 Å². The smallest absolute Gasteiger partial charge is 0.194 e. The van der Waals surface area contributed by atoms with Crippen LogP contribution in [-0.2, 0) is 13.5 Å². The average molecular weight is 277 g/mol. The van der Waals surface area contributed by atoms with Crippen molar-refractivity contribution < 1.29 is 0 Å². The van der Waals surface area contributed by atoms with E-state index in [0.29, 0.717) is 6.54 Å². The molecule has 0 aliphatic rings. The second-order valence-electron chi connectivity index (χ2n) is 4.57. The van der Waals surface area contributed by atoms with Crippen molar-refractivity contribution >= 4 is 11.8 Å². The molecule has 0 fully saturated rings. The highest BCUT2D eigenvalue weighted by Crippen LogP contribution is 2.29. The number of nitrogens with two attached hydrogens (primary N) is 1. The third-order valence-corrected chi connectivity index (χ3v) is 3.90. The third-order valence-electron chi connectivity index (χ3n) is 2.83. The zero-order chi connectivity index (χ0) is 14.0. The van der Waals surface area contributed by atoms with Crippen LogP contribution in [0.25, 0.3) is 0 Å². The molecule has 2 rings (SSSR count). The van der Waals surface area contributed by atoms with Gasteiger partial charge in [0.15, 0.2) is 5.16 Å². The quantitative estimate of drug-likeness (QED) is 0.863. The van der Waals surface area contributed by atoms with Crippen molar-refractivity contribution in [3.05, 3.63) is 28.7 Å². The van der Waals surface area contributed by atoms with Crippen LogP contribution in [0.3, 0.4) is 0 Å². The molecule has 0 aliphatic heterocycles. The Labute approximate surface area is 117 Å². The molecular formula is C13H19N5S. The highest BCUT2D eigenvalue weighted by Gasteiger charge is 2.15. The van der Waals surface area contributed by atoms with E-state index >= 15 is 0 Å². The normalized spacial score (nSPS) is 11.0. The Morgan fingerprint density at radius 3 is 2.42 bits per heavy atom. The van der Waals surface area contributed by atoms with Crippen molar-refractivity contribution in [2.45, 2.75) is 37.4 Å². The molecule has 2 N–H and O–H groups in total. The maximum atomic E-state index is 5.67. The first-order valence-electron chi connectivity index (χ1n) is 6.24. The van der Waals surface area contributed by atoms with Gasteiger partial charge in [0.05, 0.1) is 5.69 Å². The molecular weight excluding hydrogens is 258 g/mol. The van der Waals surface area contributed by atoms with Gasteiger partial charge in [-0.05, 0) is 51.6 Å². The summed E-state index contributed by atoms with van der Waals surface area (Å²) in [5.41, 5.74) is 9.85. The predicted molar refractivity (Wildman–Crippen MR) is 76.3 cm³/mol. The minimum Gasteiger partial charge on any atom is -0.330 e. The Kier molecular flexibility index (Phi) is 4.21. The molecule has 102 valence electrons. The molecule has 0 radical (unpaired) electrons. The Bertz CT molecular complexity index is 571. The van der Waals surface area contributed by atoms with E-state index in [1.54, 1.807) is 11.8 Å². The first kappa shape index (κ1) is 14.0. The average Bonchev–Trinajstić information content (AvgIpc) is 2.55. The summed E-state index contributed by atoms with van der Waals surface area (Å²) in [6.45, 7) is 6.59. The summed E-state index contributed by atoms with van der Waals surface area (Å²) >= 11 is 1.55. The van der Waals surface area contributed by atoms with E-state index in [1.165, 1.54) is 5.56 Å². The monoisotopic (exact) mass is 277 g/mol. The van der Waals surface area contributed by atoms with Gasteiger partial charge in [-0.1, -0.05) is 0 Å². The molecule has 0 unspecified atom stereocenters. The van der Waals surface area contributed by atoms with E-state index in [1.807, 2.05) is 38.6 Å².